The van der Waals surface area contributed by atoms with E-state index in [0.29, 0.717) is 34.4 Å². The van der Waals surface area contributed by atoms with Gasteiger partial charge in [-0.05, 0) is 49.9 Å². The molecule has 0 bridgehead atoms. The maximum absolute atomic E-state index is 13.1. The van der Waals surface area contributed by atoms with Gasteiger partial charge in [0.05, 0.1) is 17.0 Å². The molecule has 3 atom stereocenters. The molecule has 1 aliphatic rings. The second-order valence-corrected chi connectivity index (χ2v) is 10.5. The molecule has 1 N–H and O–H groups in total. The molecule has 0 spiro atoms. The Morgan fingerprint density at radius 1 is 1.29 bits per heavy atom. The molecule has 34 heavy (non-hydrogen) atoms. The van der Waals surface area contributed by atoms with E-state index in [-0.39, 0.29) is 11.4 Å². The van der Waals surface area contributed by atoms with Gasteiger partial charge in [-0.25, -0.2) is 13.4 Å². The van der Waals surface area contributed by atoms with Gasteiger partial charge in [0.15, 0.2) is 0 Å². The first-order valence-corrected chi connectivity index (χ1v) is 12.6. The van der Waals surface area contributed by atoms with Crippen LogP contribution in [0.1, 0.15) is 44.2 Å². The highest BCUT2D eigenvalue weighted by Crippen LogP contribution is 2.41. The minimum absolute atomic E-state index is 0.0174. The van der Waals surface area contributed by atoms with Crippen molar-refractivity contribution >= 4 is 32.7 Å². The number of fused-ring (bicyclic) bond motifs is 1. The lowest BCUT2D eigenvalue weighted by atomic mass is 10.1. The normalized spacial score (nSPS) is 19.9. The van der Waals surface area contributed by atoms with Crippen LogP contribution in [0.5, 0.6) is 0 Å². The number of nitrogens with zero attached hydrogens (tertiary/aromatic N) is 4. The van der Waals surface area contributed by atoms with E-state index in [2.05, 4.69) is 16.0 Å². The van der Waals surface area contributed by atoms with E-state index in [0.717, 1.165) is 19.0 Å². The summed E-state index contributed by atoms with van der Waals surface area (Å²) in [6, 6.07) is 6.03. The summed E-state index contributed by atoms with van der Waals surface area (Å²) in [5.41, 5.74) is 1.73. The molecule has 0 aliphatic heterocycles. The molecule has 0 radical (unpaired) electrons. The predicted octanol–water partition coefficient (Wildman–Crippen LogP) is 4.92. The fourth-order valence-electron chi connectivity index (χ4n) is 4.31. The molecule has 0 saturated heterocycles. The second kappa shape index (κ2) is 9.17. The van der Waals surface area contributed by atoms with Crippen LogP contribution in [0.25, 0.3) is 22.4 Å². The van der Waals surface area contributed by atoms with Crippen LogP contribution in [0, 0.1) is 11.3 Å². The lowest BCUT2D eigenvalue weighted by Gasteiger charge is -2.20. The smallest absolute Gasteiger partial charge is 0.320 e. The summed E-state index contributed by atoms with van der Waals surface area (Å²) < 4.78 is 67.9. The van der Waals surface area contributed by atoms with Gasteiger partial charge in [-0.1, -0.05) is 6.92 Å². The first-order valence-electron chi connectivity index (χ1n) is 10.6. The first-order chi connectivity index (χ1) is 16.1. The summed E-state index contributed by atoms with van der Waals surface area (Å²) in [6.45, 7) is 1.24. The Hall–Kier alpha value is -2.68. The molecule has 3 heterocycles. The summed E-state index contributed by atoms with van der Waals surface area (Å²) in [5, 5.41) is 10.5. The van der Waals surface area contributed by atoms with Crippen molar-refractivity contribution in [2.45, 2.75) is 61.1 Å². The van der Waals surface area contributed by atoms with Gasteiger partial charge in [-0.2, -0.15) is 23.2 Å². The standard InChI is InChI=1S/C22H21ClF3N5O2S/c1-2-19(22(24,25)26)30-34(32,33)15-7-8-18(29-12-15)20-17(11-27)16-4-3-9-28-21(16)31(20)14-6-5-13(23)10-14/h3-4,7-9,12-14,19,30H,2,5-6,10H2,1H3. The molecule has 3 aromatic heterocycles. The number of alkyl halides is 4. The average molecular weight is 512 g/mol. The largest absolute Gasteiger partial charge is 0.404 e. The number of nitriles is 1. The summed E-state index contributed by atoms with van der Waals surface area (Å²) in [7, 11) is -4.46. The lowest BCUT2D eigenvalue weighted by Crippen LogP contribution is -2.44. The maximum atomic E-state index is 13.1. The Morgan fingerprint density at radius 3 is 2.62 bits per heavy atom. The van der Waals surface area contributed by atoms with Crippen LogP contribution < -0.4 is 4.72 Å². The number of sulfonamides is 1. The van der Waals surface area contributed by atoms with Crippen molar-refractivity contribution in [3.05, 3.63) is 42.2 Å². The Morgan fingerprint density at radius 2 is 2.06 bits per heavy atom. The van der Waals surface area contributed by atoms with Gasteiger partial charge in [-0.3, -0.25) is 4.98 Å². The van der Waals surface area contributed by atoms with Crippen molar-refractivity contribution in [3.63, 3.8) is 0 Å². The van der Waals surface area contributed by atoms with Gasteiger partial charge >= 0.3 is 6.18 Å². The topological polar surface area (TPSA) is 101 Å². The van der Waals surface area contributed by atoms with Crippen LogP contribution in [-0.4, -0.2) is 40.5 Å². The van der Waals surface area contributed by atoms with E-state index >= 15 is 0 Å². The van der Waals surface area contributed by atoms with Gasteiger partial charge in [0.2, 0.25) is 10.0 Å². The van der Waals surface area contributed by atoms with Crippen LogP contribution in [0.2, 0.25) is 0 Å². The Labute approximate surface area is 199 Å². The van der Waals surface area contributed by atoms with E-state index < -0.39 is 33.6 Å². The SMILES string of the molecule is CCC(NS(=O)(=O)c1ccc(-c2c(C#N)c3cccnc3n2C2CCC(Cl)C2)nc1)C(F)(F)F. The number of halogens is 4. The zero-order valence-electron chi connectivity index (χ0n) is 18.1. The van der Waals surface area contributed by atoms with Crippen molar-refractivity contribution in [1.82, 2.24) is 19.3 Å². The molecule has 1 aliphatic carbocycles. The molecule has 0 amide bonds. The second-order valence-electron chi connectivity index (χ2n) is 8.15. The molecule has 12 heteroatoms. The molecule has 3 aromatic rings. The highest BCUT2D eigenvalue weighted by atomic mass is 35.5. The summed E-state index contributed by atoms with van der Waals surface area (Å²) in [4.78, 5) is 8.29. The molecule has 1 saturated carbocycles. The highest BCUT2D eigenvalue weighted by molar-refractivity contribution is 7.89. The van der Waals surface area contributed by atoms with Crippen LogP contribution in [-0.2, 0) is 10.0 Å². The number of pyridine rings is 2. The van der Waals surface area contributed by atoms with E-state index in [9.17, 15) is 26.9 Å². The Bertz CT molecular complexity index is 1350. The Kier molecular flexibility index (Phi) is 6.59. The predicted molar refractivity (Wildman–Crippen MR) is 121 cm³/mol. The summed E-state index contributed by atoms with van der Waals surface area (Å²) in [5.74, 6) is 0. The van der Waals surface area contributed by atoms with E-state index in [1.165, 1.54) is 19.1 Å². The van der Waals surface area contributed by atoms with Gasteiger partial charge < -0.3 is 4.57 Å². The fourth-order valence-corrected chi connectivity index (χ4v) is 5.89. The molecule has 7 nitrogen and oxygen atoms in total. The minimum atomic E-state index is -4.72. The van der Waals surface area contributed by atoms with E-state index in [4.69, 9.17) is 11.6 Å². The quantitative estimate of drug-likeness (QED) is 0.473. The molecule has 4 rings (SSSR count). The maximum Gasteiger partial charge on any atom is 0.404 e. The van der Waals surface area contributed by atoms with Crippen LogP contribution in [0.15, 0.2) is 41.6 Å². The average Bonchev–Trinajstić information content (AvgIpc) is 3.37. The lowest BCUT2D eigenvalue weighted by molar-refractivity contribution is -0.151. The van der Waals surface area contributed by atoms with Crippen LogP contribution in [0.4, 0.5) is 13.2 Å². The third kappa shape index (κ3) is 4.50. The van der Waals surface area contributed by atoms with E-state index in [1.54, 1.807) is 23.1 Å². The number of hydrogen-bond acceptors (Lipinski definition) is 5. The molecule has 0 aromatic carbocycles. The third-order valence-electron chi connectivity index (χ3n) is 5.97. The molecular weight excluding hydrogens is 491 g/mol. The summed E-state index contributed by atoms with van der Waals surface area (Å²) in [6.07, 6.45) is -0.298. The number of nitrogens with one attached hydrogen (secondary N) is 1. The van der Waals surface area contributed by atoms with Gasteiger partial charge in [-0.15, -0.1) is 11.6 Å². The van der Waals surface area contributed by atoms with Crippen molar-refractivity contribution in [2.24, 2.45) is 0 Å². The highest BCUT2D eigenvalue weighted by Gasteiger charge is 2.41. The van der Waals surface area contributed by atoms with Gasteiger partial charge in [0.1, 0.15) is 22.7 Å². The third-order valence-corrected chi connectivity index (χ3v) is 7.82. The Balaban J connectivity index is 1.78. The molecule has 1 fully saturated rings. The number of rotatable bonds is 6. The molecule has 180 valence electrons. The van der Waals surface area contributed by atoms with E-state index in [1.807, 2.05) is 4.57 Å². The minimum Gasteiger partial charge on any atom is -0.320 e. The van der Waals surface area contributed by atoms with Crippen LogP contribution >= 0.6 is 11.6 Å². The molecule has 3 unspecified atom stereocenters. The molecular formula is C22H21ClF3N5O2S. The summed E-state index contributed by atoms with van der Waals surface area (Å²) >= 11 is 6.34. The van der Waals surface area contributed by atoms with Gasteiger partial charge in [0.25, 0.3) is 0 Å². The van der Waals surface area contributed by atoms with Crippen LogP contribution in [0.3, 0.4) is 0 Å². The first kappa shape index (κ1) is 24.4. The van der Waals surface area contributed by atoms with Crippen molar-refractivity contribution in [1.29, 1.82) is 5.26 Å². The van der Waals surface area contributed by atoms with Crippen molar-refractivity contribution < 1.29 is 21.6 Å². The number of hydrogen-bond donors (Lipinski definition) is 1. The zero-order valence-corrected chi connectivity index (χ0v) is 19.6. The zero-order chi connectivity index (χ0) is 24.7. The van der Waals surface area contributed by atoms with Crippen molar-refractivity contribution in [2.75, 3.05) is 0 Å². The monoisotopic (exact) mass is 511 g/mol. The fraction of sp³-hybridized carbons (Fsp3) is 0.409. The number of aromatic nitrogens is 3. The van der Waals surface area contributed by atoms with Gasteiger partial charge in [0, 0.05) is 29.2 Å². The van der Waals surface area contributed by atoms with Crippen molar-refractivity contribution in [3.8, 4) is 17.5 Å².